The van der Waals surface area contributed by atoms with E-state index in [0.717, 1.165) is 11.8 Å². The SMILES string of the molecule is O=C1S/C(=C\c2ccc(Cl)cc2Cl)C(=O)/C1=C(\O)c1ccccc1. The van der Waals surface area contributed by atoms with Gasteiger partial charge in [0.05, 0.1) is 4.91 Å². The van der Waals surface area contributed by atoms with Crippen molar-refractivity contribution in [1.29, 1.82) is 0 Å². The van der Waals surface area contributed by atoms with Crippen molar-refractivity contribution in [2.45, 2.75) is 0 Å². The first-order valence-corrected chi connectivity index (χ1v) is 8.47. The number of halogens is 2. The molecule has 1 aliphatic rings. The molecule has 0 aliphatic carbocycles. The summed E-state index contributed by atoms with van der Waals surface area (Å²) >= 11 is 12.7. The van der Waals surface area contributed by atoms with Crippen LogP contribution in [-0.2, 0) is 9.59 Å². The third kappa shape index (κ3) is 3.26. The largest absolute Gasteiger partial charge is 0.506 e. The lowest BCUT2D eigenvalue weighted by Gasteiger charge is -2.02. The Hall–Kier alpha value is -2.01. The Balaban J connectivity index is 2.02. The van der Waals surface area contributed by atoms with E-state index in [1.165, 1.54) is 6.08 Å². The third-order valence-electron chi connectivity index (χ3n) is 3.39. The highest BCUT2D eigenvalue weighted by atomic mass is 35.5. The number of ketones is 1. The van der Waals surface area contributed by atoms with E-state index in [9.17, 15) is 14.7 Å². The fourth-order valence-corrected chi connectivity index (χ4v) is 3.55. The molecule has 0 unspecified atom stereocenters. The lowest BCUT2D eigenvalue weighted by molar-refractivity contribution is -0.114. The molecule has 0 radical (unpaired) electrons. The highest BCUT2D eigenvalue weighted by Gasteiger charge is 2.36. The summed E-state index contributed by atoms with van der Waals surface area (Å²) in [4.78, 5) is 24.9. The van der Waals surface area contributed by atoms with Crippen LogP contribution < -0.4 is 0 Å². The van der Waals surface area contributed by atoms with Gasteiger partial charge in [0.1, 0.15) is 11.3 Å². The van der Waals surface area contributed by atoms with Crippen molar-refractivity contribution in [3.05, 3.63) is 80.2 Å². The Labute approximate surface area is 152 Å². The molecule has 120 valence electrons. The molecule has 1 N–H and O–H groups in total. The van der Waals surface area contributed by atoms with Gasteiger partial charge in [-0.15, -0.1) is 0 Å². The van der Waals surface area contributed by atoms with Gasteiger partial charge in [-0.1, -0.05) is 59.6 Å². The lowest BCUT2D eigenvalue weighted by atomic mass is 10.0. The maximum atomic E-state index is 12.5. The average Bonchev–Trinajstić information content (AvgIpc) is 2.84. The van der Waals surface area contributed by atoms with Crippen LogP contribution in [0.4, 0.5) is 0 Å². The zero-order chi connectivity index (χ0) is 17.3. The molecule has 0 atom stereocenters. The van der Waals surface area contributed by atoms with Gasteiger partial charge in [0.15, 0.2) is 0 Å². The van der Waals surface area contributed by atoms with Gasteiger partial charge in [0.25, 0.3) is 0 Å². The fourth-order valence-electron chi connectivity index (χ4n) is 2.21. The van der Waals surface area contributed by atoms with Crippen LogP contribution in [0.3, 0.4) is 0 Å². The zero-order valence-corrected chi connectivity index (χ0v) is 14.5. The number of Topliss-reactive ketones (excluding diaryl/α,β-unsaturated/α-hetero) is 1. The molecule has 0 aromatic heterocycles. The number of hydrogen-bond donors (Lipinski definition) is 1. The van der Waals surface area contributed by atoms with Gasteiger partial charge in [-0.2, -0.15) is 0 Å². The first kappa shape index (κ1) is 16.8. The molecule has 3 nitrogen and oxygen atoms in total. The van der Waals surface area contributed by atoms with Crippen molar-refractivity contribution in [1.82, 2.24) is 0 Å². The molecule has 0 spiro atoms. The first-order valence-electron chi connectivity index (χ1n) is 6.89. The molecular formula is C18H10Cl2O3S. The Morgan fingerprint density at radius 1 is 1.04 bits per heavy atom. The van der Waals surface area contributed by atoms with Crippen LogP contribution in [0.2, 0.25) is 10.0 Å². The molecular weight excluding hydrogens is 367 g/mol. The zero-order valence-electron chi connectivity index (χ0n) is 12.1. The summed E-state index contributed by atoms with van der Waals surface area (Å²) in [6.07, 6.45) is 1.52. The highest BCUT2D eigenvalue weighted by molar-refractivity contribution is 8.19. The summed E-state index contributed by atoms with van der Waals surface area (Å²) in [6, 6.07) is 13.3. The fraction of sp³-hybridized carbons (Fsp3) is 0. The predicted octanol–water partition coefficient (Wildman–Crippen LogP) is 5.15. The second-order valence-electron chi connectivity index (χ2n) is 4.98. The molecule has 1 heterocycles. The molecule has 2 aromatic carbocycles. The maximum Gasteiger partial charge on any atom is 0.232 e. The average molecular weight is 377 g/mol. The summed E-state index contributed by atoms with van der Waals surface area (Å²) in [5.41, 5.74) is 0.772. The van der Waals surface area contributed by atoms with E-state index in [1.807, 2.05) is 0 Å². The molecule has 1 fully saturated rings. The number of thioether (sulfide) groups is 1. The standard InChI is InChI=1S/C18H10Cl2O3S/c19-12-7-6-11(13(20)9-12)8-14-17(22)15(18(23)24-14)16(21)10-4-2-1-3-5-10/h1-9,21H/b14-8-,16-15+. The van der Waals surface area contributed by atoms with Crippen LogP contribution in [0.1, 0.15) is 11.1 Å². The molecule has 6 heteroatoms. The topological polar surface area (TPSA) is 54.4 Å². The number of aliphatic hydroxyl groups is 1. The van der Waals surface area contributed by atoms with Crippen LogP contribution >= 0.6 is 35.0 Å². The number of aliphatic hydroxyl groups excluding tert-OH is 1. The van der Waals surface area contributed by atoms with E-state index >= 15 is 0 Å². The second-order valence-corrected chi connectivity index (χ2v) is 6.84. The minimum Gasteiger partial charge on any atom is -0.506 e. The van der Waals surface area contributed by atoms with Crippen LogP contribution in [-0.4, -0.2) is 16.0 Å². The third-order valence-corrected chi connectivity index (χ3v) is 4.87. The molecule has 1 saturated heterocycles. The quantitative estimate of drug-likeness (QED) is 0.447. The number of rotatable bonds is 2. The van der Waals surface area contributed by atoms with E-state index < -0.39 is 10.9 Å². The molecule has 24 heavy (non-hydrogen) atoms. The normalized spacial score (nSPS) is 18.3. The van der Waals surface area contributed by atoms with E-state index in [-0.39, 0.29) is 16.2 Å². The minimum atomic E-state index is -0.516. The summed E-state index contributed by atoms with van der Waals surface area (Å²) in [5, 5.41) is 10.7. The van der Waals surface area contributed by atoms with Crippen molar-refractivity contribution < 1.29 is 14.7 Å². The van der Waals surface area contributed by atoms with Gasteiger partial charge in [-0.25, -0.2) is 0 Å². The van der Waals surface area contributed by atoms with Crippen LogP contribution in [0.25, 0.3) is 11.8 Å². The maximum absolute atomic E-state index is 12.5. The van der Waals surface area contributed by atoms with Gasteiger partial charge < -0.3 is 5.11 Å². The Morgan fingerprint density at radius 3 is 2.42 bits per heavy atom. The Kier molecular flexibility index (Phi) is 4.81. The summed E-state index contributed by atoms with van der Waals surface area (Å²) in [5.74, 6) is -0.832. The van der Waals surface area contributed by atoms with Crippen LogP contribution in [0.15, 0.2) is 59.0 Å². The number of carbonyl (C=O) groups is 2. The summed E-state index contributed by atoms with van der Waals surface area (Å²) in [6.45, 7) is 0. The smallest absolute Gasteiger partial charge is 0.232 e. The molecule has 3 rings (SSSR count). The lowest BCUT2D eigenvalue weighted by Crippen LogP contribution is -2.04. The van der Waals surface area contributed by atoms with Crippen molar-refractivity contribution >= 4 is 57.7 Å². The van der Waals surface area contributed by atoms with Crippen LogP contribution in [0, 0.1) is 0 Å². The van der Waals surface area contributed by atoms with Crippen molar-refractivity contribution in [3.8, 4) is 0 Å². The van der Waals surface area contributed by atoms with Gasteiger partial charge in [0.2, 0.25) is 10.9 Å². The molecule has 0 saturated carbocycles. The monoisotopic (exact) mass is 376 g/mol. The van der Waals surface area contributed by atoms with Gasteiger partial charge in [-0.3, -0.25) is 9.59 Å². The van der Waals surface area contributed by atoms with Crippen molar-refractivity contribution in [2.24, 2.45) is 0 Å². The van der Waals surface area contributed by atoms with E-state index in [2.05, 4.69) is 0 Å². The molecule has 0 bridgehead atoms. The molecule has 0 amide bonds. The van der Waals surface area contributed by atoms with E-state index in [1.54, 1.807) is 48.5 Å². The second kappa shape index (κ2) is 6.85. The summed E-state index contributed by atoms with van der Waals surface area (Å²) < 4.78 is 0. The first-order chi connectivity index (χ1) is 11.5. The number of hydrogen-bond acceptors (Lipinski definition) is 4. The number of carbonyl (C=O) groups excluding carboxylic acids is 2. The Bertz CT molecular complexity index is 902. The number of benzene rings is 2. The predicted molar refractivity (Wildman–Crippen MR) is 98.0 cm³/mol. The van der Waals surface area contributed by atoms with Gasteiger partial charge in [0, 0.05) is 15.6 Å². The highest BCUT2D eigenvalue weighted by Crippen LogP contribution is 2.38. The van der Waals surface area contributed by atoms with Gasteiger partial charge in [-0.05, 0) is 35.5 Å². The summed E-state index contributed by atoms with van der Waals surface area (Å²) in [7, 11) is 0. The van der Waals surface area contributed by atoms with Crippen molar-refractivity contribution in [2.75, 3.05) is 0 Å². The Morgan fingerprint density at radius 2 is 1.75 bits per heavy atom. The number of allylic oxidation sites excluding steroid dienone is 1. The minimum absolute atomic E-state index is 0.210. The van der Waals surface area contributed by atoms with E-state index in [0.29, 0.717) is 21.2 Å². The van der Waals surface area contributed by atoms with Gasteiger partial charge >= 0.3 is 0 Å². The molecule has 2 aromatic rings. The molecule has 1 aliphatic heterocycles. The van der Waals surface area contributed by atoms with E-state index in [4.69, 9.17) is 23.2 Å². The van der Waals surface area contributed by atoms with Crippen molar-refractivity contribution in [3.63, 3.8) is 0 Å². The van der Waals surface area contributed by atoms with Crippen LogP contribution in [0.5, 0.6) is 0 Å².